The van der Waals surface area contributed by atoms with E-state index in [2.05, 4.69) is 24.1 Å². The number of carboxylic acids is 1. The van der Waals surface area contributed by atoms with Crippen LogP contribution in [-0.2, 0) is 11.3 Å². The van der Waals surface area contributed by atoms with Crippen molar-refractivity contribution in [2.75, 3.05) is 19.6 Å². The van der Waals surface area contributed by atoms with Crippen molar-refractivity contribution >= 4 is 11.9 Å². The van der Waals surface area contributed by atoms with E-state index in [0.29, 0.717) is 5.56 Å². The predicted molar refractivity (Wildman–Crippen MR) is 82.3 cm³/mol. The Morgan fingerprint density at radius 2 is 1.86 bits per heavy atom. The highest BCUT2D eigenvalue weighted by Gasteiger charge is 2.09. The Bertz CT molecular complexity index is 468. The van der Waals surface area contributed by atoms with Gasteiger partial charge in [0.1, 0.15) is 6.54 Å². The molecule has 0 radical (unpaired) electrons. The highest BCUT2D eigenvalue weighted by molar-refractivity contribution is 5.95. The molecule has 1 aromatic carbocycles. The molecule has 0 heterocycles. The third-order valence-electron chi connectivity index (χ3n) is 3.08. The molecule has 5 heteroatoms. The normalized spacial score (nSPS) is 10.6. The van der Waals surface area contributed by atoms with Crippen molar-refractivity contribution < 1.29 is 14.7 Å². The standard InChI is InChI=1S/C16H24N2O3/c1-3-8-18(9-4-2)12-13-6-5-7-14(10-13)16(21)17-11-15(19)20/h5-7,10H,3-4,8-9,11-12H2,1-2H3,(H,17,21)(H,19,20). The molecule has 0 fully saturated rings. The van der Waals surface area contributed by atoms with Crippen molar-refractivity contribution in [1.82, 2.24) is 10.2 Å². The summed E-state index contributed by atoms with van der Waals surface area (Å²) in [6.07, 6.45) is 2.19. The van der Waals surface area contributed by atoms with Crippen molar-refractivity contribution in [3.05, 3.63) is 35.4 Å². The molecule has 116 valence electrons. The Kier molecular flexibility index (Phi) is 7.46. The molecule has 21 heavy (non-hydrogen) atoms. The quantitative estimate of drug-likeness (QED) is 0.731. The van der Waals surface area contributed by atoms with Gasteiger partial charge in [0.05, 0.1) is 0 Å². The van der Waals surface area contributed by atoms with Gasteiger partial charge in [-0.2, -0.15) is 0 Å². The zero-order valence-electron chi connectivity index (χ0n) is 12.8. The van der Waals surface area contributed by atoms with Gasteiger partial charge < -0.3 is 10.4 Å². The molecule has 0 aliphatic heterocycles. The molecule has 0 atom stereocenters. The zero-order valence-corrected chi connectivity index (χ0v) is 12.8. The molecule has 5 nitrogen and oxygen atoms in total. The van der Waals surface area contributed by atoms with Gasteiger partial charge >= 0.3 is 5.97 Å². The molecule has 1 rings (SSSR count). The van der Waals surface area contributed by atoms with E-state index in [1.165, 1.54) is 0 Å². The number of carboxylic acid groups (broad SMARTS) is 1. The van der Waals surface area contributed by atoms with Crippen LogP contribution in [0.1, 0.15) is 42.6 Å². The van der Waals surface area contributed by atoms with Gasteiger partial charge in [-0.05, 0) is 43.6 Å². The van der Waals surface area contributed by atoms with Crippen LogP contribution < -0.4 is 5.32 Å². The van der Waals surface area contributed by atoms with Gasteiger partial charge in [0.15, 0.2) is 0 Å². The second kappa shape index (κ2) is 9.13. The second-order valence-electron chi connectivity index (χ2n) is 5.05. The molecule has 0 aromatic heterocycles. The molecule has 2 N–H and O–H groups in total. The number of carbonyl (C=O) groups is 2. The van der Waals surface area contributed by atoms with Gasteiger partial charge in [0.2, 0.25) is 0 Å². The summed E-state index contributed by atoms with van der Waals surface area (Å²) in [5, 5.41) is 11.0. The highest BCUT2D eigenvalue weighted by atomic mass is 16.4. The lowest BCUT2D eigenvalue weighted by Gasteiger charge is -2.21. The summed E-state index contributed by atoms with van der Waals surface area (Å²) in [5.74, 6) is -1.40. The Morgan fingerprint density at radius 3 is 2.43 bits per heavy atom. The Labute approximate surface area is 126 Å². The van der Waals surface area contributed by atoms with Crippen LogP contribution >= 0.6 is 0 Å². The lowest BCUT2D eigenvalue weighted by atomic mass is 10.1. The van der Waals surface area contributed by atoms with Crippen LogP contribution in [0.5, 0.6) is 0 Å². The van der Waals surface area contributed by atoms with E-state index in [-0.39, 0.29) is 12.5 Å². The maximum Gasteiger partial charge on any atom is 0.322 e. The van der Waals surface area contributed by atoms with Crippen LogP contribution in [-0.4, -0.2) is 41.5 Å². The predicted octanol–water partition coefficient (Wildman–Crippen LogP) is 2.12. The Morgan fingerprint density at radius 1 is 1.19 bits per heavy atom. The molecular weight excluding hydrogens is 268 g/mol. The van der Waals surface area contributed by atoms with E-state index in [0.717, 1.165) is 38.0 Å². The number of nitrogens with one attached hydrogen (secondary N) is 1. The summed E-state index contributed by atoms with van der Waals surface area (Å²) in [6, 6.07) is 7.35. The van der Waals surface area contributed by atoms with Gasteiger partial charge in [-0.1, -0.05) is 26.0 Å². The number of carbonyl (C=O) groups excluding carboxylic acids is 1. The summed E-state index contributed by atoms with van der Waals surface area (Å²) in [4.78, 5) is 24.7. The van der Waals surface area contributed by atoms with E-state index in [4.69, 9.17) is 5.11 Å². The maximum atomic E-state index is 11.9. The summed E-state index contributed by atoms with van der Waals surface area (Å²) in [5.41, 5.74) is 1.57. The molecule has 0 aliphatic carbocycles. The largest absolute Gasteiger partial charge is 0.480 e. The van der Waals surface area contributed by atoms with E-state index in [1.54, 1.807) is 6.07 Å². The van der Waals surface area contributed by atoms with Gasteiger partial charge in [-0.15, -0.1) is 0 Å². The minimum absolute atomic E-state index is 0.350. The Hall–Kier alpha value is -1.88. The lowest BCUT2D eigenvalue weighted by Crippen LogP contribution is -2.29. The van der Waals surface area contributed by atoms with E-state index < -0.39 is 5.97 Å². The number of aliphatic carboxylic acids is 1. The average Bonchev–Trinajstić information content (AvgIpc) is 2.45. The first-order valence-corrected chi connectivity index (χ1v) is 7.38. The van der Waals surface area contributed by atoms with E-state index in [9.17, 15) is 9.59 Å². The summed E-state index contributed by atoms with van der Waals surface area (Å²) in [6.45, 7) is 6.81. The number of rotatable bonds is 9. The third kappa shape index (κ3) is 6.40. The van der Waals surface area contributed by atoms with Crippen molar-refractivity contribution in [3.8, 4) is 0 Å². The summed E-state index contributed by atoms with van der Waals surface area (Å²) >= 11 is 0. The topological polar surface area (TPSA) is 69.6 Å². The van der Waals surface area contributed by atoms with Gasteiger partial charge in [-0.25, -0.2) is 0 Å². The van der Waals surface area contributed by atoms with E-state index >= 15 is 0 Å². The fourth-order valence-corrected chi connectivity index (χ4v) is 2.23. The smallest absolute Gasteiger partial charge is 0.322 e. The minimum atomic E-state index is -1.04. The number of hydrogen-bond acceptors (Lipinski definition) is 3. The first-order chi connectivity index (χ1) is 10.1. The van der Waals surface area contributed by atoms with Gasteiger partial charge in [-0.3, -0.25) is 14.5 Å². The molecule has 0 aliphatic rings. The van der Waals surface area contributed by atoms with Crippen LogP contribution in [0.3, 0.4) is 0 Å². The Balaban J connectivity index is 2.70. The van der Waals surface area contributed by atoms with Crippen molar-refractivity contribution in [2.24, 2.45) is 0 Å². The molecule has 0 saturated carbocycles. The van der Waals surface area contributed by atoms with Crippen molar-refractivity contribution in [1.29, 1.82) is 0 Å². The van der Waals surface area contributed by atoms with Crippen LogP contribution in [0, 0.1) is 0 Å². The monoisotopic (exact) mass is 292 g/mol. The molecular formula is C16H24N2O3. The maximum absolute atomic E-state index is 11.9. The van der Waals surface area contributed by atoms with Crippen LogP contribution in [0.4, 0.5) is 0 Å². The van der Waals surface area contributed by atoms with Crippen molar-refractivity contribution in [3.63, 3.8) is 0 Å². The average molecular weight is 292 g/mol. The first kappa shape index (κ1) is 17.2. The summed E-state index contributed by atoms with van der Waals surface area (Å²) < 4.78 is 0. The van der Waals surface area contributed by atoms with Crippen LogP contribution in [0.15, 0.2) is 24.3 Å². The van der Waals surface area contributed by atoms with Crippen molar-refractivity contribution in [2.45, 2.75) is 33.2 Å². The lowest BCUT2D eigenvalue weighted by molar-refractivity contribution is -0.135. The SMILES string of the molecule is CCCN(CCC)Cc1cccc(C(=O)NCC(=O)O)c1. The number of nitrogens with zero attached hydrogens (tertiary/aromatic N) is 1. The van der Waals surface area contributed by atoms with Crippen LogP contribution in [0.25, 0.3) is 0 Å². The summed E-state index contributed by atoms with van der Waals surface area (Å²) in [7, 11) is 0. The second-order valence-corrected chi connectivity index (χ2v) is 5.05. The zero-order chi connectivity index (χ0) is 15.7. The van der Waals surface area contributed by atoms with Gasteiger partial charge in [0.25, 0.3) is 5.91 Å². The molecule has 0 bridgehead atoms. The molecule has 1 amide bonds. The fraction of sp³-hybridized carbons (Fsp3) is 0.500. The third-order valence-corrected chi connectivity index (χ3v) is 3.08. The molecule has 0 saturated heterocycles. The minimum Gasteiger partial charge on any atom is -0.480 e. The first-order valence-electron chi connectivity index (χ1n) is 7.38. The number of benzene rings is 1. The number of amides is 1. The number of hydrogen-bond donors (Lipinski definition) is 2. The molecule has 0 spiro atoms. The molecule has 1 aromatic rings. The van der Waals surface area contributed by atoms with Crippen LogP contribution in [0.2, 0.25) is 0 Å². The fourth-order valence-electron chi connectivity index (χ4n) is 2.23. The van der Waals surface area contributed by atoms with E-state index in [1.807, 2.05) is 18.2 Å². The highest BCUT2D eigenvalue weighted by Crippen LogP contribution is 2.09. The van der Waals surface area contributed by atoms with Gasteiger partial charge in [0, 0.05) is 12.1 Å². The molecule has 0 unspecified atom stereocenters.